The summed E-state index contributed by atoms with van der Waals surface area (Å²) in [7, 11) is 0. The molecule has 1 aromatic carbocycles. The van der Waals surface area contributed by atoms with Gasteiger partial charge in [0, 0.05) is 23.1 Å². The zero-order valence-corrected chi connectivity index (χ0v) is 13.5. The summed E-state index contributed by atoms with van der Waals surface area (Å²) in [5.74, 6) is -0.125. The number of phenolic OH excluding ortho intramolecular Hbond substituents is 1. The SMILES string of the molecule is O=C1N=C(N2CCOCC2)SC1=Cc1cc(Br)ccc1O. The molecule has 21 heavy (non-hydrogen) atoms. The van der Waals surface area contributed by atoms with Crippen LogP contribution in [0.1, 0.15) is 5.56 Å². The Kier molecular flexibility index (Phi) is 4.32. The molecule has 7 heteroatoms. The van der Waals surface area contributed by atoms with Crippen molar-refractivity contribution in [1.29, 1.82) is 0 Å². The van der Waals surface area contributed by atoms with E-state index in [0.29, 0.717) is 28.9 Å². The number of aliphatic imine (C=N–C) groups is 1. The predicted octanol–water partition coefficient (Wildman–Crippen LogP) is 2.46. The molecule has 0 saturated carbocycles. The molecule has 1 saturated heterocycles. The standard InChI is InChI=1S/C14H13BrN2O3S/c15-10-1-2-11(18)9(7-10)8-12-13(19)16-14(21-12)17-3-5-20-6-4-17/h1-2,7-8,18H,3-6H2. The van der Waals surface area contributed by atoms with Crippen molar-refractivity contribution in [2.45, 2.75) is 0 Å². The van der Waals surface area contributed by atoms with Gasteiger partial charge in [0.15, 0.2) is 5.17 Å². The van der Waals surface area contributed by atoms with Gasteiger partial charge in [-0.2, -0.15) is 4.99 Å². The van der Waals surface area contributed by atoms with E-state index in [1.54, 1.807) is 24.3 Å². The van der Waals surface area contributed by atoms with E-state index < -0.39 is 0 Å². The second kappa shape index (κ2) is 6.21. The van der Waals surface area contributed by atoms with Gasteiger partial charge in [-0.25, -0.2) is 0 Å². The van der Waals surface area contributed by atoms with Crippen LogP contribution < -0.4 is 0 Å². The Hall–Kier alpha value is -1.31. The Balaban J connectivity index is 1.80. The lowest BCUT2D eigenvalue weighted by atomic mass is 10.2. The van der Waals surface area contributed by atoms with Gasteiger partial charge < -0.3 is 14.7 Å². The third-order valence-electron chi connectivity index (χ3n) is 3.17. The Labute approximate surface area is 134 Å². The Morgan fingerprint density at radius 2 is 2.14 bits per heavy atom. The molecular formula is C14H13BrN2O3S. The van der Waals surface area contributed by atoms with Crippen molar-refractivity contribution in [3.63, 3.8) is 0 Å². The second-order valence-electron chi connectivity index (χ2n) is 4.61. The first-order valence-corrected chi connectivity index (χ1v) is 8.08. The Bertz CT molecular complexity index is 639. The minimum absolute atomic E-state index is 0.138. The summed E-state index contributed by atoms with van der Waals surface area (Å²) >= 11 is 4.69. The zero-order valence-electron chi connectivity index (χ0n) is 11.1. The van der Waals surface area contributed by atoms with E-state index in [1.807, 2.05) is 4.90 Å². The van der Waals surface area contributed by atoms with E-state index in [4.69, 9.17) is 4.74 Å². The molecule has 2 aliphatic heterocycles. The monoisotopic (exact) mass is 368 g/mol. The minimum Gasteiger partial charge on any atom is -0.507 e. The summed E-state index contributed by atoms with van der Waals surface area (Å²) < 4.78 is 6.14. The molecule has 110 valence electrons. The van der Waals surface area contributed by atoms with Gasteiger partial charge in [0.25, 0.3) is 5.91 Å². The topological polar surface area (TPSA) is 62.1 Å². The van der Waals surface area contributed by atoms with Crippen LogP contribution in [0.15, 0.2) is 32.6 Å². The summed E-state index contributed by atoms with van der Waals surface area (Å²) in [6.45, 7) is 2.79. The number of ether oxygens (including phenoxy) is 1. The molecule has 1 amide bonds. The fraction of sp³-hybridized carbons (Fsp3) is 0.286. The van der Waals surface area contributed by atoms with E-state index in [0.717, 1.165) is 17.6 Å². The highest BCUT2D eigenvalue weighted by molar-refractivity contribution is 9.10. The molecule has 0 radical (unpaired) electrons. The lowest BCUT2D eigenvalue weighted by Crippen LogP contribution is -2.38. The summed E-state index contributed by atoms with van der Waals surface area (Å²) in [6.07, 6.45) is 1.67. The van der Waals surface area contributed by atoms with Crippen LogP contribution >= 0.6 is 27.7 Å². The molecule has 2 aliphatic rings. The first-order chi connectivity index (χ1) is 10.1. The average Bonchev–Trinajstić information content (AvgIpc) is 2.85. The van der Waals surface area contributed by atoms with Crippen molar-refractivity contribution >= 4 is 44.8 Å². The smallest absolute Gasteiger partial charge is 0.286 e. The lowest BCUT2D eigenvalue weighted by Gasteiger charge is -2.27. The summed E-state index contributed by atoms with van der Waals surface area (Å²) in [4.78, 5) is 18.7. The normalized spacial score (nSPS) is 21.0. The lowest BCUT2D eigenvalue weighted by molar-refractivity contribution is -0.113. The van der Waals surface area contributed by atoms with Crippen molar-refractivity contribution in [1.82, 2.24) is 4.90 Å². The van der Waals surface area contributed by atoms with Gasteiger partial charge in [-0.05, 0) is 36.0 Å². The third-order valence-corrected chi connectivity index (χ3v) is 4.70. The number of carbonyl (C=O) groups is 1. The first-order valence-electron chi connectivity index (χ1n) is 6.47. The molecule has 1 N–H and O–H groups in total. The van der Waals surface area contributed by atoms with Crippen LogP contribution in [-0.4, -0.2) is 47.4 Å². The van der Waals surface area contributed by atoms with E-state index >= 15 is 0 Å². The number of nitrogens with zero attached hydrogens (tertiary/aromatic N) is 2. The van der Waals surface area contributed by atoms with E-state index in [2.05, 4.69) is 20.9 Å². The van der Waals surface area contributed by atoms with Gasteiger partial charge in [0.1, 0.15) is 5.75 Å². The van der Waals surface area contributed by atoms with Crippen LogP contribution in [0.4, 0.5) is 0 Å². The van der Waals surface area contributed by atoms with Crippen molar-refractivity contribution in [3.05, 3.63) is 33.1 Å². The van der Waals surface area contributed by atoms with Crippen molar-refractivity contribution in [2.24, 2.45) is 4.99 Å². The molecule has 0 spiro atoms. The van der Waals surface area contributed by atoms with E-state index in [1.165, 1.54) is 11.8 Å². The van der Waals surface area contributed by atoms with Crippen LogP contribution in [0.3, 0.4) is 0 Å². The highest BCUT2D eigenvalue weighted by Crippen LogP contribution is 2.33. The van der Waals surface area contributed by atoms with Gasteiger partial charge in [0.05, 0.1) is 18.1 Å². The average molecular weight is 369 g/mol. The largest absolute Gasteiger partial charge is 0.507 e. The second-order valence-corrected chi connectivity index (χ2v) is 6.54. The molecule has 0 aliphatic carbocycles. The van der Waals surface area contributed by atoms with Gasteiger partial charge in [0.2, 0.25) is 0 Å². The molecular weight excluding hydrogens is 356 g/mol. The number of thioether (sulfide) groups is 1. The number of halogens is 1. The van der Waals surface area contributed by atoms with E-state index in [-0.39, 0.29) is 11.7 Å². The van der Waals surface area contributed by atoms with Crippen LogP contribution in [0.5, 0.6) is 5.75 Å². The molecule has 2 heterocycles. The summed E-state index contributed by atoms with van der Waals surface area (Å²) in [5, 5.41) is 10.6. The van der Waals surface area contributed by atoms with Gasteiger partial charge in [-0.15, -0.1) is 0 Å². The Morgan fingerprint density at radius 3 is 2.90 bits per heavy atom. The van der Waals surface area contributed by atoms with E-state index in [9.17, 15) is 9.90 Å². The fourth-order valence-electron chi connectivity index (χ4n) is 2.07. The Morgan fingerprint density at radius 1 is 1.38 bits per heavy atom. The summed E-state index contributed by atoms with van der Waals surface area (Å²) in [5.41, 5.74) is 0.596. The molecule has 5 nitrogen and oxygen atoms in total. The number of amides is 1. The number of morpholine rings is 1. The molecule has 0 aromatic heterocycles. The van der Waals surface area contributed by atoms with Crippen molar-refractivity contribution in [2.75, 3.05) is 26.3 Å². The maximum Gasteiger partial charge on any atom is 0.286 e. The highest BCUT2D eigenvalue weighted by atomic mass is 79.9. The minimum atomic E-state index is -0.263. The number of phenols is 1. The van der Waals surface area contributed by atoms with Crippen LogP contribution in [-0.2, 0) is 9.53 Å². The van der Waals surface area contributed by atoms with Crippen LogP contribution in [0.2, 0.25) is 0 Å². The maximum absolute atomic E-state index is 12.0. The van der Waals surface area contributed by atoms with Gasteiger partial charge in [-0.3, -0.25) is 4.79 Å². The molecule has 1 aromatic rings. The molecule has 3 rings (SSSR count). The quantitative estimate of drug-likeness (QED) is 0.771. The van der Waals surface area contributed by atoms with Crippen molar-refractivity contribution < 1.29 is 14.6 Å². The zero-order chi connectivity index (χ0) is 14.8. The predicted molar refractivity (Wildman–Crippen MR) is 86.2 cm³/mol. The molecule has 0 bridgehead atoms. The van der Waals surface area contributed by atoms with Crippen molar-refractivity contribution in [3.8, 4) is 5.75 Å². The van der Waals surface area contributed by atoms with Gasteiger partial charge >= 0.3 is 0 Å². The number of rotatable bonds is 1. The highest BCUT2D eigenvalue weighted by Gasteiger charge is 2.27. The number of benzene rings is 1. The number of carbonyl (C=O) groups excluding carboxylic acids is 1. The third kappa shape index (κ3) is 3.30. The molecule has 1 fully saturated rings. The number of hydrogen-bond donors (Lipinski definition) is 1. The van der Waals surface area contributed by atoms with Crippen LogP contribution in [0, 0.1) is 0 Å². The van der Waals surface area contributed by atoms with Gasteiger partial charge in [-0.1, -0.05) is 15.9 Å². The molecule has 0 atom stereocenters. The number of hydrogen-bond acceptors (Lipinski definition) is 5. The first kappa shape index (κ1) is 14.6. The number of amidine groups is 1. The number of aromatic hydroxyl groups is 1. The molecule has 0 unspecified atom stereocenters. The fourth-order valence-corrected chi connectivity index (χ4v) is 3.40. The van der Waals surface area contributed by atoms with Crippen LogP contribution in [0.25, 0.3) is 6.08 Å². The summed E-state index contributed by atoms with van der Waals surface area (Å²) in [6, 6.07) is 5.10. The maximum atomic E-state index is 12.0.